The molecule has 0 aromatic rings. The summed E-state index contributed by atoms with van der Waals surface area (Å²) in [7, 11) is 1.82. The van der Waals surface area contributed by atoms with Gasteiger partial charge in [-0.3, -0.25) is 9.89 Å². The second-order valence-corrected chi connectivity index (χ2v) is 6.85. The molecule has 1 aliphatic heterocycles. The maximum Gasteiger partial charge on any atom is 0.191 e. The van der Waals surface area contributed by atoms with E-state index in [9.17, 15) is 0 Å². The molecule has 0 spiro atoms. The molecule has 1 saturated heterocycles. The van der Waals surface area contributed by atoms with Gasteiger partial charge >= 0.3 is 0 Å². The molecule has 1 rings (SSSR count). The molecular formula is C16H34N4O. The average molecular weight is 298 g/mol. The number of aliphatic imine (C=N–C) groups is 1. The zero-order chi connectivity index (χ0) is 16.0. The van der Waals surface area contributed by atoms with Crippen LogP contribution in [0.4, 0.5) is 0 Å². The second kappa shape index (κ2) is 7.99. The van der Waals surface area contributed by atoms with Crippen molar-refractivity contribution in [2.45, 2.75) is 71.8 Å². The third kappa shape index (κ3) is 5.83. The number of rotatable bonds is 5. The molecule has 2 N–H and O–H groups in total. The normalized spacial score (nSPS) is 26.5. The van der Waals surface area contributed by atoms with Crippen LogP contribution in [0.5, 0.6) is 0 Å². The molecule has 5 nitrogen and oxygen atoms in total. The van der Waals surface area contributed by atoms with E-state index in [0.717, 1.165) is 32.0 Å². The van der Waals surface area contributed by atoms with E-state index in [0.29, 0.717) is 18.2 Å². The molecular weight excluding hydrogens is 264 g/mol. The molecule has 3 atom stereocenters. The number of hydrogen-bond acceptors (Lipinski definition) is 3. The smallest absolute Gasteiger partial charge is 0.191 e. The van der Waals surface area contributed by atoms with Gasteiger partial charge < -0.3 is 15.4 Å². The second-order valence-electron chi connectivity index (χ2n) is 6.85. The lowest BCUT2D eigenvalue weighted by molar-refractivity contribution is -0.0946. The minimum atomic E-state index is 0.0688. The maximum absolute atomic E-state index is 5.83. The number of ether oxygens (including phenoxy) is 1. The number of morpholine rings is 1. The van der Waals surface area contributed by atoms with Crippen LogP contribution in [0.3, 0.4) is 0 Å². The van der Waals surface area contributed by atoms with E-state index in [1.54, 1.807) is 0 Å². The molecule has 5 heteroatoms. The molecule has 0 aliphatic carbocycles. The van der Waals surface area contributed by atoms with Crippen molar-refractivity contribution in [3.8, 4) is 0 Å². The van der Waals surface area contributed by atoms with Crippen molar-refractivity contribution >= 4 is 5.96 Å². The third-order valence-electron chi connectivity index (χ3n) is 4.18. The first-order valence-corrected chi connectivity index (χ1v) is 8.16. The molecule has 21 heavy (non-hydrogen) atoms. The highest BCUT2D eigenvalue weighted by Crippen LogP contribution is 2.20. The van der Waals surface area contributed by atoms with Crippen molar-refractivity contribution in [3.63, 3.8) is 0 Å². The predicted octanol–water partition coefficient (Wildman–Crippen LogP) is 1.84. The fraction of sp³-hybridized carbons (Fsp3) is 0.938. The third-order valence-corrected chi connectivity index (χ3v) is 4.18. The summed E-state index contributed by atoms with van der Waals surface area (Å²) in [4.78, 5) is 6.81. The van der Waals surface area contributed by atoms with E-state index in [1.807, 2.05) is 7.05 Å². The number of hydrogen-bond donors (Lipinski definition) is 2. The molecule has 1 fully saturated rings. The zero-order valence-electron chi connectivity index (χ0n) is 14.9. The lowest BCUT2D eigenvalue weighted by Crippen LogP contribution is -2.59. The van der Waals surface area contributed by atoms with Crippen molar-refractivity contribution in [1.29, 1.82) is 0 Å². The Hall–Kier alpha value is -0.810. The van der Waals surface area contributed by atoms with Crippen LogP contribution in [0.2, 0.25) is 0 Å². The van der Waals surface area contributed by atoms with Gasteiger partial charge in [0.1, 0.15) is 0 Å². The SMILES string of the molecule is CCC(C)NC(=NC)NCC(C)(C)N1CC(C)OC(C)C1. The predicted molar refractivity (Wildman–Crippen MR) is 89.9 cm³/mol. The summed E-state index contributed by atoms with van der Waals surface area (Å²) in [6, 6.07) is 0.433. The Kier molecular flexibility index (Phi) is 6.94. The molecule has 1 heterocycles. The first-order chi connectivity index (χ1) is 9.78. The van der Waals surface area contributed by atoms with Gasteiger partial charge in [0, 0.05) is 38.3 Å². The van der Waals surface area contributed by atoms with Crippen LogP contribution in [0.1, 0.15) is 48.0 Å². The Morgan fingerprint density at radius 3 is 2.38 bits per heavy atom. The van der Waals surface area contributed by atoms with Crippen molar-refractivity contribution in [1.82, 2.24) is 15.5 Å². The van der Waals surface area contributed by atoms with E-state index in [1.165, 1.54) is 0 Å². The van der Waals surface area contributed by atoms with Crippen LogP contribution in [0.15, 0.2) is 4.99 Å². The van der Waals surface area contributed by atoms with Crippen LogP contribution >= 0.6 is 0 Å². The Balaban J connectivity index is 2.55. The number of guanidine groups is 1. The zero-order valence-corrected chi connectivity index (χ0v) is 14.9. The van der Waals surface area contributed by atoms with Crippen LogP contribution in [-0.4, -0.2) is 61.3 Å². The summed E-state index contributed by atoms with van der Waals surface area (Å²) in [5, 5.41) is 6.86. The summed E-state index contributed by atoms with van der Waals surface area (Å²) in [5.41, 5.74) is 0.0688. The molecule has 0 aromatic carbocycles. The monoisotopic (exact) mass is 298 g/mol. The van der Waals surface area contributed by atoms with Crippen LogP contribution in [0, 0.1) is 0 Å². The molecule has 0 saturated carbocycles. The van der Waals surface area contributed by atoms with Gasteiger partial charge in [-0.1, -0.05) is 6.92 Å². The Bertz CT molecular complexity index is 333. The highest BCUT2D eigenvalue weighted by Gasteiger charge is 2.33. The van der Waals surface area contributed by atoms with E-state index in [4.69, 9.17) is 4.74 Å². The molecule has 0 radical (unpaired) electrons. The summed E-state index contributed by atoms with van der Waals surface area (Å²) in [6.07, 6.45) is 1.68. The molecule has 124 valence electrons. The number of nitrogens with zero attached hydrogens (tertiary/aromatic N) is 2. The topological polar surface area (TPSA) is 48.9 Å². The fourth-order valence-corrected chi connectivity index (χ4v) is 2.61. The average Bonchev–Trinajstić information content (AvgIpc) is 2.42. The van der Waals surface area contributed by atoms with Crippen molar-refractivity contribution in [2.75, 3.05) is 26.7 Å². The summed E-state index contributed by atoms with van der Waals surface area (Å²) in [5.74, 6) is 0.881. The van der Waals surface area contributed by atoms with Gasteiger partial charge in [0.25, 0.3) is 0 Å². The Labute approximate surface area is 130 Å². The van der Waals surface area contributed by atoms with Gasteiger partial charge in [-0.2, -0.15) is 0 Å². The van der Waals surface area contributed by atoms with E-state index >= 15 is 0 Å². The molecule has 1 aliphatic rings. The van der Waals surface area contributed by atoms with Gasteiger partial charge in [-0.15, -0.1) is 0 Å². The van der Waals surface area contributed by atoms with Crippen molar-refractivity contribution < 1.29 is 4.74 Å². The van der Waals surface area contributed by atoms with Crippen molar-refractivity contribution in [3.05, 3.63) is 0 Å². The van der Waals surface area contributed by atoms with E-state index in [-0.39, 0.29) is 5.54 Å². The minimum absolute atomic E-state index is 0.0688. The van der Waals surface area contributed by atoms with Gasteiger partial charge in [-0.25, -0.2) is 0 Å². The van der Waals surface area contributed by atoms with Crippen LogP contribution in [0.25, 0.3) is 0 Å². The molecule has 0 bridgehead atoms. The lowest BCUT2D eigenvalue weighted by Gasteiger charge is -2.45. The molecule has 3 unspecified atom stereocenters. The highest BCUT2D eigenvalue weighted by molar-refractivity contribution is 5.79. The summed E-state index contributed by atoms with van der Waals surface area (Å²) >= 11 is 0. The van der Waals surface area contributed by atoms with Crippen LogP contribution in [-0.2, 0) is 4.74 Å². The summed E-state index contributed by atoms with van der Waals surface area (Å²) in [6.45, 7) is 16.0. The summed E-state index contributed by atoms with van der Waals surface area (Å²) < 4.78 is 5.83. The first kappa shape index (κ1) is 18.2. The quantitative estimate of drug-likeness (QED) is 0.601. The largest absolute Gasteiger partial charge is 0.373 e. The van der Waals surface area contributed by atoms with Crippen LogP contribution < -0.4 is 10.6 Å². The molecule has 0 aromatic heterocycles. The van der Waals surface area contributed by atoms with E-state index < -0.39 is 0 Å². The Morgan fingerprint density at radius 1 is 1.33 bits per heavy atom. The standard InChI is InChI=1S/C16H34N4O/c1-8-12(2)19-15(17-7)18-11-16(5,6)20-9-13(3)21-14(4)10-20/h12-14H,8-11H2,1-7H3,(H2,17,18,19). The first-order valence-electron chi connectivity index (χ1n) is 8.16. The maximum atomic E-state index is 5.83. The number of nitrogens with one attached hydrogen (secondary N) is 2. The van der Waals surface area contributed by atoms with Crippen molar-refractivity contribution in [2.24, 2.45) is 4.99 Å². The fourth-order valence-electron chi connectivity index (χ4n) is 2.61. The highest BCUT2D eigenvalue weighted by atomic mass is 16.5. The van der Waals surface area contributed by atoms with Gasteiger partial charge in [0.05, 0.1) is 12.2 Å². The Morgan fingerprint density at radius 2 is 1.90 bits per heavy atom. The van der Waals surface area contributed by atoms with Gasteiger partial charge in [0.15, 0.2) is 5.96 Å². The van der Waals surface area contributed by atoms with Gasteiger partial charge in [-0.05, 0) is 41.0 Å². The lowest BCUT2D eigenvalue weighted by atomic mass is 10.00. The van der Waals surface area contributed by atoms with E-state index in [2.05, 4.69) is 62.1 Å². The minimum Gasteiger partial charge on any atom is -0.373 e. The van der Waals surface area contributed by atoms with Gasteiger partial charge in [0.2, 0.25) is 0 Å². The molecule has 0 amide bonds.